The summed E-state index contributed by atoms with van der Waals surface area (Å²) in [6, 6.07) is 5.30. The summed E-state index contributed by atoms with van der Waals surface area (Å²) >= 11 is 5.16. The molecule has 1 aliphatic heterocycles. The zero-order chi connectivity index (χ0) is 12.3. The Labute approximate surface area is 115 Å². The summed E-state index contributed by atoms with van der Waals surface area (Å²) in [7, 11) is 0. The number of benzene rings is 1. The summed E-state index contributed by atoms with van der Waals surface area (Å²) in [6.07, 6.45) is 3.46. The minimum atomic E-state index is -0.185. The van der Waals surface area contributed by atoms with E-state index in [9.17, 15) is 4.39 Å². The van der Waals surface area contributed by atoms with E-state index in [0.29, 0.717) is 4.47 Å². The molecule has 1 heterocycles. The maximum absolute atomic E-state index is 13.1. The highest BCUT2D eigenvalue weighted by atomic mass is 79.9. The van der Waals surface area contributed by atoms with Crippen LogP contribution < -0.4 is 0 Å². The maximum Gasteiger partial charge on any atom is 0.137 e. The zero-order valence-electron chi connectivity index (χ0n) is 9.96. The van der Waals surface area contributed by atoms with Crippen LogP contribution in [-0.4, -0.2) is 30.0 Å². The third kappa shape index (κ3) is 3.70. The van der Waals surface area contributed by atoms with Gasteiger partial charge in [-0.1, -0.05) is 6.07 Å². The normalized spacial score (nSPS) is 21.0. The highest BCUT2D eigenvalue weighted by Gasteiger charge is 2.21. The standard InChI is InChI=1S/C13H17BrFNS/c1-17-9-11-4-5-16(8-11)7-10-2-3-13(15)12(14)6-10/h2-3,6,11H,4-5,7-9H2,1H3/t11-/m1/s1. The number of thioether (sulfide) groups is 1. The van der Waals surface area contributed by atoms with Crippen LogP contribution in [0.25, 0.3) is 0 Å². The van der Waals surface area contributed by atoms with E-state index in [1.165, 1.54) is 36.9 Å². The molecule has 1 aliphatic rings. The molecule has 0 spiro atoms. The van der Waals surface area contributed by atoms with Crippen LogP contribution in [0.15, 0.2) is 22.7 Å². The SMILES string of the molecule is CSC[C@@H]1CCN(Cc2ccc(F)c(Br)c2)C1. The van der Waals surface area contributed by atoms with E-state index in [0.717, 1.165) is 12.5 Å². The van der Waals surface area contributed by atoms with Crippen molar-refractivity contribution in [3.8, 4) is 0 Å². The summed E-state index contributed by atoms with van der Waals surface area (Å²) in [5.74, 6) is 1.90. The van der Waals surface area contributed by atoms with Gasteiger partial charge in [0.25, 0.3) is 0 Å². The Morgan fingerprint density at radius 2 is 2.35 bits per heavy atom. The van der Waals surface area contributed by atoms with Gasteiger partial charge in [-0.2, -0.15) is 11.8 Å². The molecule has 1 saturated heterocycles. The first kappa shape index (κ1) is 13.4. The average Bonchev–Trinajstić information content (AvgIpc) is 2.72. The lowest BCUT2D eigenvalue weighted by atomic mass is 10.2. The van der Waals surface area contributed by atoms with Crippen LogP contribution in [0.4, 0.5) is 4.39 Å². The molecule has 0 amide bonds. The van der Waals surface area contributed by atoms with Crippen molar-refractivity contribution in [2.24, 2.45) is 5.92 Å². The van der Waals surface area contributed by atoms with Gasteiger partial charge in [-0.3, -0.25) is 4.90 Å². The summed E-state index contributed by atoms with van der Waals surface area (Å²) in [6.45, 7) is 3.28. The first-order chi connectivity index (χ1) is 8.19. The Bertz CT molecular complexity index is 386. The molecule has 1 atom stereocenters. The Balaban J connectivity index is 1.91. The van der Waals surface area contributed by atoms with Crippen molar-refractivity contribution in [2.75, 3.05) is 25.1 Å². The average molecular weight is 318 g/mol. The van der Waals surface area contributed by atoms with Gasteiger partial charge in [0.15, 0.2) is 0 Å². The summed E-state index contributed by atoms with van der Waals surface area (Å²) < 4.78 is 13.7. The molecule has 1 aromatic rings. The fraction of sp³-hybridized carbons (Fsp3) is 0.538. The molecule has 0 bridgehead atoms. The Kier molecular flexibility index (Phi) is 4.88. The van der Waals surface area contributed by atoms with Crippen molar-refractivity contribution in [2.45, 2.75) is 13.0 Å². The molecular weight excluding hydrogens is 301 g/mol. The highest BCUT2D eigenvalue weighted by Crippen LogP contribution is 2.23. The molecule has 1 fully saturated rings. The maximum atomic E-state index is 13.1. The molecule has 4 heteroatoms. The third-order valence-corrected chi connectivity index (χ3v) is 4.57. The highest BCUT2D eigenvalue weighted by molar-refractivity contribution is 9.10. The van der Waals surface area contributed by atoms with Crippen LogP contribution >= 0.6 is 27.7 Å². The number of rotatable bonds is 4. The number of nitrogens with zero attached hydrogens (tertiary/aromatic N) is 1. The number of hydrogen-bond acceptors (Lipinski definition) is 2. The van der Waals surface area contributed by atoms with Crippen molar-refractivity contribution in [3.63, 3.8) is 0 Å². The number of halogens is 2. The molecule has 2 rings (SSSR count). The Hall–Kier alpha value is -0.0600. The molecule has 0 radical (unpaired) electrons. The minimum Gasteiger partial charge on any atom is -0.299 e. The van der Waals surface area contributed by atoms with E-state index < -0.39 is 0 Å². The zero-order valence-corrected chi connectivity index (χ0v) is 12.4. The monoisotopic (exact) mass is 317 g/mol. The van der Waals surface area contributed by atoms with Crippen LogP contribution in [0.5, 0.6) is 0 Å². The quantitative estimate of drug-likeness (QED) is 0.831. The van der Waals surface area contributed by atoms with Gasteiger partial charge in [0.1, 0.15) is 5.82 Å². The lowest BCUT2D eigenvalue weighted by Crippen LogP contribution is -2.20. The van der Waals surface area contributed by atoms with Gasteiger partial charge in [-0.15, -0.1) is 0 Å². The van der Waals surface area contributed by atoms with Crippen molar-refractivity contribution >= 4 is 27.7 Å². The molecule has 0 N–H and O–H groups in total. The van der Waals surface area contributed by atoms with Gasteiger partial charge < -0.3 is 0 Å². The Morgan fingerprint density at radius 1 is 1.53 bits per heavy atom. The topological polar surface area (TPSA) is 3.24 Å². The van der Waals surface area contributed by atoms with Gasteiger partial charge in [-0.25, -0.2) is 4.39 Å². The summed E-state index contributed by atoms with van der Waals surface area (Å²) in [4.78, 5) is 2.46. The van der Waals surface area contributed by atoms with Crippen molar-refractivity contribution in [1.82, 2.24) is 4.90 Å². The fourth-order valence-corrected chi connectivity index (χ4v) is 3.49. The van der Waals surface area contributed by atoms with Gasteiger partial charge in [0.2, 0.25) is 0 Å². The van der Waals surface area contributed by atoms with Crippen LogP contribution in [0.1, 0.15) is 12.0 Å². The second kappa shape index (κ2) is 6.21. The minimum absolute atomic E-state index is 0.185. The lowest BCUT2D eigenvalue weighted by Gasteiger charge is -2.16. The van der Waals surface area contributed by atoms with Crippen LogP contribution in [0.3, 0.4) is 0 Å². The van der Waals surface area contributed by atoms with E-state index in [2.05, 4.69) is 27.1 Å². The van der Waals surface area contributed by atoms with Gasteiger partial charge >= 0.3 is 0 Å². The van der Waals surface area contributed by atoms with Gasteiger partial charge in [-0.05, 0) is 64.5 Å². The molecule has 94 valence electrons. The first-order valence-electron chi connectivity index (χ1n) is 5.84. The molecule has 0 unspecified atom stereocenters. The number of likely N-dealkylation sites (tertiary alicyclic amines) is 1. The molecule has 1 aromatic carbocycles. The molecule has 17 heavy (non-hydrogen) atoms. The van der Waals surface area contributed by atoms with Crippen LogP contribution in [0, 0.1) is 11.7 Å². The first-order valence-corrected chi connectivity index (χ1v) is 8.03. The van der Waals surface area contributed by atoms with E-state index in [4.69, 9.17) is 0 Å². The molecular formula is C13H17BrFNS. The predicted molar refractivity (Wildman–Crippen MR) is 75.9 cm³/mol. The van der Waals surface area contributed by atoms with Crippen molar-refractivity contribution in [1.29, 1.82) is 0 Å². The van der Waals surface area contributed by atoms with E-state index in [1.54, 1.807) is 0 Å². The van der Waals surface area contributed by atoms with Crippen LogP contribution in [-0.2, 0) is 6.54 Å². The van der Waals surface area contributed by atoms with Crippen molar-refractivity contribution < 1.29 is 4.39 Å². The smallest absolute Gasteiger partial charge is 0.137 e. The lowest BCUT2D eigenvalue weighted by molar-refractivity contribution is 0.321. The van der Waals surface area contributed by atoms with Crippen LogP contribution in [0.2, 0.25) is 0 Å². The molecule has 0 aliphatic carbocycles. The van der Waals surface area contributed by atoms with E-state index in [-0.39, 0.29) is 5.82 Å². The van der Waals surface area contributed by atoms with E-state index in [1.807, 2.05) is 23.9 Å². The molecule has 0 saturated carbocycles. The molecule has 1 nitrogen and oxygen atoms in total. The Morgan fingerprint density at radius 3 is 3.06 bits per heavy atom. The predicted octanol–water partition coefficient (Wildman–Crippen LogP) is 3.77. The molecule has 0 aromatic heterocycles. The van der Waals surface area contributed by atoms with Gasteiger partial charge in [0.05, 0.1) is 4.47 Å². The van der Waals surface area contributed by atoms with E-state index >= 15 is 0 Å². The fourth-order valence-electron chi connectivity index (χ4n) is 2.32. The summed E-state index contributed by atoms with van der Waals surface area (Å²) in [5, 5.41) is 0. The second-order valence-corrected chi connectivity index (χ2v) is 6.36. The second-order valence-electron chi connectivity index (χ2n) is 4.59. The third-order valence-electron chi connectivity index (χ3n) is 3.16. The summed E-state index contributed by atoms with van der Waals surface area (Å²) in [5.41, 5.74) is 1.18. The largest absolute Gasteiger partial charge is 0.299 e. The van der Waals surface area contributed by atoms with Gasteiger partial charge in [0, 0.05) is 13.1 Å². The number of hydrogen-bond donors (Lipinski definition) is 0. The van der Waals surface area contributed by atoms with Crippen molar-refractivity contribution in [3.05, 3.63) is 34.1 Å².